The highest BCUT2D eigenvalue weighted by atomic mass is 19.1. The lowest BCUT2D eigenvalue weighted by Crippen LogP contribution is -2.40. The second-order valence-corrected chi connectivity index (χ2v) is 6.41. The molecule has 1 N–H and O–H groups in total. The lowest BCUT2D eigenvalue weighted by molar-refractivity contribution is 0.191. The first-order valence-electron chi connectivity index (χ1n) is 8.70. The minimum Gasteiger partial charge on any atom is -0.331 e. The number of hydrogen-bond donors (Lipinski definition) is 1. The number of hydrogen-bond acceptors (Lipinski definition) is 3. The van der Waals surface area contributed by atoms with E-state index in [-0.39, 0.29) is 17.9 Å². The van der Waals surface area contributed by atoms with Gasteiger partial charge in [-0.15, -0.1) is 0 Å². The van der Waals surface area contributed by atoms with Gasteiger partial charge in [0.2, 0.25) is 0 Å². The molecule has 3 aromatic rings. The molecule has 0 saturated carbocycles. The molecule has 1 aromatic heterocycles. The van der Waals surface area contributed by atoms with E-state index in [4.69, 9.17) is 0 Å². The normalized spacial score (nSPS) is 13.0. The number of urea groups is 1. The highest BCUT2D eigenvalue weighted by Gasteiger charge is 2.20. The topological polar surface area (TPSA) is 63.1 Å². The SMILES string of the molecule is C[C@@H](NC(=O)N(C)[C@@H](C)c1ccc(-n2cncn2)cc1)c1ccccc1F. The van der Waals surface area contributed by atoms with Crippen molar-refractivity contribution in [3.8, 4) is 5.69 Å². The third-order valence-corrected chi connectivity index (χ3v) is 4.67. The van der Waals surface area contributed by atoms with Crippen molar-refractivity contribution >= 4 is 6.03 Å². The van der Waals surface area contributed by atoms with Crippen LogP contribution in [-0.2, 0) is 0 Å². The molecule has 0 unspecified atom stereocenters. The average Bonchev–Trinajstić information content (AvgIpc) is 3.22. The molecule has 0 aliphatic heterocycles. The highest BCUT2D eigenvalue weighted by molar-refractivity contribution is 5.75. The molecule has 0 fully saturated rings. The summed E-state index contributed by atoms with van der Waals surface area (Å²) in [4.78, 5) is 18.1. The Morgan fingerprint density at radius 1 is 1.15 bits per heavy atom. The molecule has 27 heavy (non-hydrogen) atoms. The quantitative estimate of drug-likeness (QED) is 0.745. The molecule has 0 aliphatic carbocycles. The second kappa shape index (κ2) is 7.99. The number of benzene rings is 2. The van der Waals surface area contributed by atoms with Crippen molar-refractivity contribution in [2.45, 2.75) is 25.9 Å². The Morgan fingerprint density at radius 2 is 1.85 bits per heavy atom. The fraction of sp³-hybridized carbons (Fsp3) is 0.250. The summed E-state index contributed by atoms with van der Waals surface area (Å²) in [5, 5.41) is 6.94. The summed E-state index contributed by atoms with van der Waals surface area (Å²) in [6, 6.07) is 13.4. The minimum atomic E-state index is -0.428. The van der Waals surface area contributed by atoms with Crippen LogP contribution in [0.15, 0.2) is 61.2 Å². The molecule has 6 nitrogen and oxygen atoms in total. The monoisotopic (exact) mass is 367 g/mol. The van der Waals surface area contributed by atoms with Crippen LogP contribution in [0.4, 0.5) is 9.18 Å². The maximum Gasteiger partial charge on any atom is 0.318 e. The van der Waals surface area contributed by atoms with Crippen LogP contribution >= 0.6 is 0 Å². The molecule has 1 heterocycles. The van der Waals surface area contributed by atoms with Crippen molar-refractivity contribution in [3.63, 3.8) is 0 Å². The summed E-state index contributed by atoms with van der Waals surface area (Å²) in [7, 11) is 1.72. The zero-order valence-corrected chi connectivity index (χ0v) is 15.5. The summed E-state index contributed by atoms with van der Waals surface area (Å²) in [5.74, 6) is -0.329. The van der Waals surface area contributed by atoms with Crippen molar-refractivity contribution in [1.82, 2.24) is 25.0 Å². The smallest absolute Gasteiger partial charge is 0.318 e. The third-order valence-electron chi connectivity index (χ3n) is 4.67. The molecule has 0 bridgehead atoms. The molecular weight excluding hydrogens is 345 g/mol. The fourth-order valence-corrected chi connectivity index (χ4v) is 2.84. The van der Waals surface area contributed by atoms with E-state index in [2.05, 4.69) is 15.4 Å². The number of nitrogens with zero attached hydrogens (tertiary/aromatic N) is 4. The van der Waals surface area contributed by atoms with Gasteiger partial charge in [-0.1, -0.05) is 30.3 Å². The maximum absolute atomic E-state index is 13.9. The zero-order chi connectivity index (χ0) is 19.4. The van der Waals surface area contributed by atoms with Crippen LogP contribution in [0.1, 0.15) is 37.1 Å². The summed E-state index contributed by atoms with van der Waals surface area (Å²) >= 11 is 0. The molecule has 0 radical (unpaired) electrons. The molecular formula is C20H22FN5O. The van der Waals surface area contributed by atoms with Gasteiger partial charge in [-0.05, 0) is 37.6 Å². The van der Waals surface area contributed by atoms with Gasteiger partial charge in [-0.3, -0.25) is 0 Å². The van der Waals surface area contributed by atoms with Gasteiger partial charge in [-0.25, -0.2) is 18.9 Å². The van der Waals surface area contributed by atoms with Crippen LogP contribution in [-0.4, -0.2) is 32.7 Å². The van der Waals surface area contributed by atoms with E-state index in [1.165, 1.54) is 12.4 Å². The third kappa shape index (κ3) is 4.13. The van der Waals surface area contributed by atoms with E-state index in [1.807, 2.05) is 31.2 Å². The van der Waals surface area contributed by atoms with Crippen molar-refractivity contribution in [2.75, 3.05) is 7.05 Å². The van der Waals surface area contributed by atoms with Crippen LogP contribution in [0, 0.1) is 5.82 Å². The lowest BCUT2D eigenvalue weighted by Gasteiger charge is -2.27. The van der Waals surface area contributed by atoms with Gasteiger partial charge in [0, 0.05) is 12.6 Å². The Morgan fingerprint density at radius 3 is 2.48 bits per heavy atom. The molecule has 0 saturated heterocycles. The summed E-state index contributed by atoms with van der Waals surface area (Å²) in [5.41, 5.74) is 2.34. The number of amides is 2. The summed E-state index contributed by atoms with van der Waals surface area (Å²) < 4.78 is 15.6. The van der Waals surface area contributed by atoms with E-state index in [9.17, 15) is 9.18 Å². The summed E-state index contributed by atoms with van der Waals surface area (Å²) in [6.45, 7) is 3.71. The number of halogens is 1. The van der Waals surface area contributed by atoms with E-state index in [0.29, 0.717) is 5.56 Å². The Labute approximate surface area is 157 Å². The zero-order valence-electron chi connectivity index (χ0n) is 15.5. The van der Waals surface area contributed by atoms with Crippen molar-refractivity contribution in [2.24, 2.45) is 0 Å². The molecule has 3 rings (SSSR count). The van der Waals surface area contributed by atoms with Crippen molar-refractivity contribution < 1.29 is 9.18 Å². The predicted octanol–water partition coefficient (Wildman–Crippen LogP) is 3.87. The van der Waals surface area contributed by atoms with Crippen LogP contribution in [0.3, 0.4) is 0 Å². The first kappa shape index (κ1) is 18.6. The first-order valence-corrected chi connectivity index (χ1v) is 8.70. The first-order chi connectivity index (χ1) is 13.0. The molecule has 0 spiro atoms. The van der Waals surface area contributed by atoms with Gasteiger partial charge in [0.05, 0.1) is 17.8 Å². The van der Waals surface area contributed by atoms with Crippen LogP contribution in [0.5, 0.6) is 0 Å². The number of nitrogens with one attached hydrogen (secondary N) is 1. The predicted molar refractivity (Wildman–Crippen MR) is 101 cm³/mol. The second-order valence-electron chi connectivity index (χ2n) is 6.41. The molecule has 2 amide bonds. The lowest BCUT2D eigenvalue weighted by atomic mass is 10.1. The van der Waals surface area contributed by atoms with E-state index in [0.717, 1.165) is 11.3 Å². The molecule has 2 atom stereocenters. The average molecular weight is 367 g/mol. The molecule has 140 valence electrons. The largest absolute Gasteiger partial charge is 0.331 e. The Balaban J connectivity index is 1.66. The van der Waals surface area contributed by atoms with Gasteiger partial charge < -0.3 is 10.2 Å². The summed E-state index contributed by atoms with van der Waals surface area (Å²) in [6.07, 6.45) is 3.10. The van der Waals surface area contributed by atoms with Gasteiger partial charge in [0.15, 0.2) is 0 Å². The van der Waals surface area contributed by atoms with E-state index >= 15 is 0 Å². The molecule has 2 aromatic carbocycles. The van der Waals surface area contributed by atoms with Crippen molar-refractivity contribution in [3.05, 3.63) is 78.1 Å². The number of aromatic nitrogens is 3. The fourth-order valence-electron chi connectivity index (χ4n) is 2.84. The van der Waals surface area contributed by atoms with Crippen LogP contribution in [0.2, 0.25) is 0 Å². The Bertz CT molecular complexity index is 895. The molecule has 0 aliphatic rings. The van der Waals surface area contributed by atoms with Gasteiger partial charge in [-0.2, -0.15) is 5.10 Å². The van der Waals surface area contributed by atoms with E-state index in [1.54, 1.807) is 48.1 Å². The Hall–Kier alpha value is -3.22. The van der Waals surface area contributed by atoms with Crippen LogP contribution in [0.25, 0.3) is 5.69 Å². The number of carbonyl (C=O) groups is 1. The van der Waals surface area contributed by atoms with E-state index < -0.39 is 6.04 Å². The van der Waals surface area contributed by atoms with Gasteiger partial charge in [0.25, 0.3) is 0 Å². The highest BCUT2D eigenvalue weighted by Crippen LogP contribution is 2.22. The number of rotatable bonds is 5. The Kier molecular flexibility index (Phi) is 5.49. The van der Waals surface area contributed by atoms with Gasteiger partial charge >= 0.3 is 6.03 Å². The van der Waals surface area contributed by atoms with Crippen LogP contribution < -0.4 is 5.32 Å². The maximum atomic E-state index is 13.9. The standard InChI is InChI=1S/C20H22FN5O/c1-14(18-6-4-5-7-19(18)21)24-20(27)25(3)15(2)16-8-10-17(11-9-16)26-13-22-12-23-26/h4-15H,1-3H3,(H,24,27)/t14-,15+/m1/s1. The number of carbonyl (C=O) groups excluding carboxylic acids is 1. The van der Waals surface area contributed by atoms with Crippen molar-refractivity contribution in [1.29, 1.82) is 0 Å². The molecule has 7 heteroatoms. The van der Waals surface area contributed by atoms with Gasteiger partial charge in [0.1, 0.15) is 18.5 Å². The minimum absolute atomic E-state index is 0.150.